The molecule has 0 spiro atoms. The fourth-order valence-corrected chi connectivity index (χ4v) is 3.90. The minimum atomic E-state index is 0.228. The SMILES string of the molecule is Clc1ccc(C2=Nn3c(nnc3-c3ccc4c(c3)OCO4)SC2)cc1Cl. The van der Waals surface area contributed by atoms with Crippen LogP contribution in [0.15, 0.2) is 46.7 Å². The van der Waals surface area contributed by atoms with E-state index in [9.17, 15) is 0 Å². The number of aromatic nitrogens is 3. The molecule has 0 saturated heterocycles. The molecule has 6 nitrogen and oxygen atoms in total. The monoisotopic (exact) mass is 404 g/mol. The third kappa shape index (κ3) is 2.63. The molecule has 3 heterocycles. The molecule has 5 rings (SSSR count). The molecule has 0 radical (unpaired) electrons. The quantitative estimate of drug-likeness (QED) is 0.635. The molecule has 0 bridgehead atoms. The van der Waals surface area contributed by atoms with Crippen LogP contribution in [-0.4, -0.2) is 33.1 Å². The van der Waals surface area contributed by atoms with Crippen LogP contribution in [0.1, 0.15) is 5.56 Å². The zero-order valence-electron chi connectivity index (χ0n) is 13.1. The summed E-state index contributed by atoms with van der Waals surface area (Å²) >= 11 is 13.7. The number of rotatable bonds is 2. The van der Waals surface area contributed by atoms with E-state index in [4.69, 9.17) is 37.8 Å². The van der Waals surface area contributed by atoms with Crippen molar-refractivity contribution in [1.82, 2.24) is 14.9 Å². The fourth-order valence-electron chi connectivity index (χ4n) is 2.76. The number of hydrogen-bond acceptors (Lipinski definition) is 6. The van der Waals surface area contributed by atoms with E-state index in [1.165, 1.54) is 0 Å². The normalized spacial score (nSPS) is 14.9. The molecule has 0 N–H and O–H groups in total. The standard InChI is InChI=1S/C17H10Cl2N4O2S/c18-11-3-1-9(5-12(11)19)13-7-26-17-21-20-16(23(17)22-13)10-2-4-14-15(6-10)25-8-24-14/h1-6H,7-8H2. The first-order valence-electron chi connectivity index (χ1n) is 7.70. The Morgan fingerprint density at radius 3 is 2.65 bits per heavy atom. The van der Waals surface area contributed by atoms with Gasteiger partial charge in [0.15, 0.2) is 17.3 Å². The van der Waals surface area contributed by atoms with Crippen LogP contribution >= 0.6 is 35.0 Å². The molecule has 0 unspecified atom stereocenters. The molecule has 3 aromatic rings. The summed E-state index contributed by atoms with van der Waals surface area (Å²) in [7, 11) is 0. The average Bonchev–Trinajstić information content (AvgIpc) is 3.29. The molecule has 0 amide bonds. The molecule has 0 saturated carbocycles. The van der Waals surface area contributed by atoms with E-state index in [0.717, 1.165) is 27.7 Å². The van der Waals surface area contributed by atoms with Crippen LogP contribution < -0.4 is 9.47 Å². The Morgan fingerprint density at radius 1 is 0.923 bits per heavy atom. The van der Waals surface area contributed by atoms with Crippen LogP contribution in [0.3, 0.4) is 0 Å². The molecule has 2 aliphatic heterocycles. The topological polar surface area (TPSA) is 61.5 Å². The van der Waals surface area contributed by atoms with Crippen LogP contribution in [0.4, 0.5) is 0 Å². The Balaban J connectivity index is 1.58. The van der Waals surface area contributed by atoms with Crippen molar-refractivity contribution in [3.05, 3.63) is 52.0 Å². The first-order chi connectivity index (χ1) is 12.7. The Hall–Kier alpha value is -2.22. The van der Waals surface area contributed by atoms with Crippen LogP contribution in [0.2, 0.25) is 10.0 Å². The van der Waals surface area contributed by atoms with Gasteiger partial charge in [-0.1, -0.05) is 41.0 Å². The van der Waals surface area contributed by atoms with Crippen LogP contribution in [0.5, 0.6) is 11.5 Å². The maximum atomic E-state index is 6.14. The number of ether oxygens (including phenoxy) is 2. The maximum absolute atomic E-state index is 6.14. The van der Waals surface area contributed by atoms with Crippen molar-refractivity contribution in [1.29, 1.82) is 0 Å². The highest BCUT2D eigenvalue weighted by molar-refractivity contribution is 7.99. The first-order valence-corrected chi connectivity index (χ1v) is 9.45. The smallest absolute Gasteiger partial charge is 0.231 e. The third-order valence-electron chi connectivity index (χ3n) is 4.05. The molecular weight excluding hydrogens is 395 g/mol. The lowest BCUT2D eigenvalue weighted by atomic mass is 10.1. The second kappa shape index (κ2) is 6.19. The minimum absolute atomic E-state index is 0.228. The number of fused-ring (bicyclic) bond motifs is 2. The number of halogens is 2. The van der Waals surface area contributed by atoms with Gasteiger partial charge < -0.3 is 9.47 Å². The van der Waals surface area contributed by atoms with E-state index in [-0.39, 0.29) is 6.79 Å². The van der Waals surface area contributed by atoms with E-state index in [2.05, 4.69) is 10.2 Å². The van der Waals surface area contributed by atoms with Gasteiger partial charge in [0.05, 0.1) is 15.8 Å². The number of hydrogen-bond donors (Lipinski definition) is 0. The van der Waals surface area contributed by atoms with Crippen LogP contribution in [-0.2, 0) is 0 Å². The van der Waals surface area contributed by atoms with E-state index in [0.29, 0.717) is 27.4 Å². The summed E-state index contributed by atoms with van der Waals surface area (Å²) < 4.78 is 12.5. The molecule has 0 aliphatic carbocycles. The lowest BCUT2D eigenvalue weighted by Gasteiger charge is -2.14. The lowest BCUT2D eigenvalue weighted by molar-refractivity contribution is 0.174. The van der Waals surface area contributed by atoms with Gasteiger partial charge in [-0.2, -0.15) is 9.78 Å². The number of thioether (sulfide) groups is 1. The van der Waals surface area contributed by atoms with Gasteiger partial charge in [0, 0.05) is 16.9 Å². The zero-order chi connectivity index (χ0) is 17.7. The van der Waals surface area contributed by atoms with Crippen molar-refractivity contribution < 1.29 is 9.47 Å². The highest BCUT2D eigenvalue weighted by Crippen LogP contribution is 2.37. The van der Waals surface area contributed by atoms with Gasteiger partial charge in [-0.25, -0.2) is 0 Å². The molecule has 2 aromatic carbocycles. The van der Waals surface area contributed by atoms with E-state index < -0.39 is 0 Å². The minimum Gasteiger partial charge on any atom is -0.454 e. The zero-order valence-corrected chi connectivity index (χ0v) is 15.5. The summed E-state index contributed by atoms with van der Waals surface area (Å²) in [5.74, 6) is 2.73. The highest BCUT2D eigenvalue weighted by Gasteiger charge is 2.23. The summed E-state index contributed by atoms with van der Waals surface area (Å²) in [4.78, 5) is 0. The summed E-state index contributed by atoms with van der Waals surface area (Å²) in [5.41, 5.74) is 2.65. The van der Waals surface area contributed by atoms with Gasteiger partial charge in [0.2, 0.25) is 11.9 Å². The molecule has 0 fully saturated rings. The van der Waals surface area contributed by atoms with Crippen LogP contribution in [0, 0.1) is 0 Å². The largest absolute Gasteiger partial charge is 0.454 e. The van der Waals surface area contributed by atoms with Gasteiger partial charge >= 0.3 is 0 Å². The third-order valence-corrected chi connectivity index (χ3v) is 5.72. The van der Waals surface area contributed by atoms with Crippen molar-refractivity contribution in [3.8, 4) is 22.9 Å². The Morgan fingerprint density at radius 2 is 1.77 bits per heavy atom. The van der Waals surface area contributed by atoms with Crippen molar-refractivity contribution in [3.63, 3.8) is 0 Å². The maximum Gasteiger partial charge on any atom is 0.231 e. The predicted molar refractivity (Wildman–Crippen MR) is 101 cm³/mol. The average molecular weight is 405 g/mol. The van der Waals surface area contributed by atoms with E-state index in [1.54, 1.807) is 22.5 Å². The van der Waals surface area contributed by atoms with E-state index in [1.807, 2.05) is 30.3 Å². The molecule has 1 aromatic heterocycles. The Labute approximate surface area is 162 Å². The fraction of sp³-hybridized carbons (Fsp3) is 0.118. The molecular formula is C17H10Cl2N4O2S. The summed E-state index contributed by atoms with van der Waals surface area (Å²) in [6, 6.07) is 11.2. The van der Waals surface area contributed by atoms with E-state index >= 15 is 0 Å². The number of nitrogens with zero attached hydrogens (tertiary/aromatic N) is 4. The Kier molecular flexibility index (Phi) is 3.81. The molecule has 0 atom stereocenters. The van der Waals surface area contributed by atoms with Gasteiger partial charge in [0.1, 0.15) is 0 Å². The first kappa shape index (κ1) is 16.0. The van der Waals surface area contributed by atoms with Crippen molar-refractivity contribution >= 4 is 40.7 Å². The highest BCUT2D eigenvalue weighted by atomic mass is 35.5. The predicted octanol–water partition coefficient (Wildman–Crippen LogP) is 4.34. The summed E-state index contributed by atoms with van der Waals surface area (Å²) in [5, 5.41) is 15.0. The van der Waals surface area contributed by atoms with Crippen molar-refractivity contribution in [2.45, 2.75) is 5.16 Å². The molecule has 2 aliphatic rings. The van der Waals surface area contributed by atoms with Gasteiger partial charge in [0.25, 0.3) is 0 Å². The summed E-state index contributed by atoms with van der Waals surface area (Å²) in [6.07, 6.45) is 0. The molecule has 26 heavy (non-hydrogen) atoms. The summed E-state index contributed by atoms with van der Waals surface area (Å²) in [6.45, 7) is 0.228. The lowest BCUT2D eigenvalue weighted by Crippen LogP contribution is -2.13. The molecule has 9 heteroatoms. The van der Waals surface area contributed by atoms with Gasteiger partial charge in [-0.3, -0.25) is 0 Å². The number of benzene rings is 2. The Bertz CT molecular complexity index is 1070. The van der Waals surface area contributed by atoms with Crippen molar-refractivity contribution in [2.75, 3.05) is 12.5 Å². The van der Waals surface area contributed by atoms with Gasteiger partial charge in [-0.15, -0.1) is 10.2 Å². The second-order valence-electron chi connectivity index (χ2n) is 5.65. The molecule has 130 valence electrons. The van der Waals surface area contributed by atoms with Crippen LogP contribution in [0.25, 0.3) is 11.4 Å². The van der Waals surface area contributed by atoms with Crippen molar-refractivity contribution in [2.24, 2.45) is 5.10 Å². The second-order valence-corrected chi connectivity index (χ2v) is 7.41. The van der Waals surface area contributed by atoms with Gasteiger partial charge in [-0.05, 0) is 30.3 Å².